The zero-order valence-electron chi connectivity index (χ0n) is 20.4. The summed E-state index contributed by atoms with van der Waals surface area (Å²) in [7, 11) is 0. The number of amides is 1. The minimum absolute atomic E-state index is 0.000727. The Labute approximate surface area is 220 Å². The number of hydrogen-bond acceptors (Lipinski definition) is 4. The van der Waals surface area contributed by atoms with Gasteiger partial charge in [0, 0.05) is 29.1 Å². The van der Waals surface area contributed by atoms with Crippen LogP contribution in [0.4, 0.5) is 11.4 Å². The van der Waals surface area contributed by atoms with E-state index in [1.165, 1.54) is 0 Å². The fraction of sp³-hybridized carbons (Fsp3) is 0.233. The van der Waals surface area contributed by atoms with Crippen LogP contribution in [0.5, 0.6) is 0 Å². The highest BCUT2D eigenvalue weighted by molar-refractivity contribution is 6.30. The fourth-order valence-corrected chi connectivity index (χ4v) is 5.46. The van der Waals surface area contributed by atoms with Gasteiger partial charge >= 0.3 is 5.97 Å². The van der Waals surface area contributed by atoms with Gasteiger partial charge in [0.2, 0.25) is 5.91 Å². The Kier molecular flexibility index (Phi) is 6.85. The van der Waals surface area contributed by atoms with Crippen LogP contribution in [0.3, 0.4) is 0 Å². The number of hydrogen-bond donors (Lipinski definition) is 2. The summed E-state index contributed by atoms with van der Waals surface area (Å²) >= 11 is 6.36. The van der Waals surface area contributed by atoms with Gasteiger partial charge in [-0.1, -0.05) is 65.7 Å². The number of nitrogens with one attached hydrogen (secondary N) is 1. The van der Waals surface area contributed by atoms with Crippen LogP contribution in [0.15, 0.2) is 84.1 Å². The van der Waals surface area contributed by atoms with Crippen LogP contribution in [-0.4, -0.2) is 22.8 Å². The molecule has 1 heterocycles. The second kappa shape index (κ2) is 10.2. The molecule has 1 aliphatic heterocycles. The fourth-order valence-electron chi connectivity index (χ4n) is 5.27. The van der Waals surface area contributed by atoms with Gasteiger partial charge in [-0.25, -0.2) is 0 Å². The molecule has 7 heteroatoms. The van der Waals surface area contributed by atoms with Crippen LogP contribution >= 0.6 is 11.6 Å². The maximum absolute atomic E-state index is 13.9. The summed E-state index contributed by atoms with van der Waals surface area (Å²) < 4.78 is 0. The lowest BCUT2D eigenvalue weighted by Gasteiger charge is -2.35. The molecule has 0 saturated carbocycles. The zero-order valence-corrected chi connectivity index (χ0v) is 21.2. The number of aliphatic carboxylic acids is 1. The van der Waals surface area contributed by atoms with Gasteiger partial charge < -0.3 is 10.4 Å². The van der Waals surface area contributed by atoms with Gasteiger partial charge in [0.1, 0.15) is 0 Å². The van der Waals surface area contributed by atoms with Crippen molar-refractivity contribution in [3.8, 4) is 0 Å². The highest BCUT2D eigenvalue weighted by atomic mass is 35.5. The number of para-hydroxylation sites is 2. The van der Waals surface area contributed by atoms with Crippen LogP contribution in [0.25, 0.3) is 0 Å². The predicted octanol–water partition coefficient (Wildman–Crippen LogP) is 6.41. The van der Waals surface area contributed by atoms with Gasteiger partial charge in [0.25, 0.3) is 0 Å². The Morgan fingerprint density at radius 2 is 1.73 bits per heavy atom. The molecule has 37 heavy (non-hydrogen) atoms. The molecule has 5 rings (SSSR count). The third-order valence-corrected chi connectivity index (χ3v) is 7.26. The van der Waals surface area contributed by atoms with Crippen molar-refractivity contribution in [2.24, 2.45) is 0 Å². The first-order valence-electron chi connectivity index (χ1n) is 12.3. The molecule has 2 aliphatic rings. The van der Waals surface area contributed by atoms with Crippen molar-refractivity contribution in [3.05, 3.63) is 106 Å². The second-order valence-electron chi connectivity index (χ2n) is 9.59. The van der Waals surface area contributed by atoms with Crippen LogP contribution in [0.1, 0.15) is 54.3 Å². The third-order valence-electron chi connectivity index (χ3n) is 7.02. The number of allylic oxidation sites excluding steroid dienone is 1. The van der Waals surface area contributed by atoms with E-state index in [0.29, 0.717) is 40.4 Å². The first kappa shape index (κ1) is 24.8. The number of halogens is 1. The number of fused-ring (bicyclic) bond motifs is 1. The number of carboxylic acids is 1. The largest absolute Gasteiger partial charge is 0.481 e. The highest BCUT2D eigenvalue weighted by Gasteiger charge is 2.41. The van der Waals surface area contributed by atoms with Gasteiger partial charge in [-0.3, -0.25) is 19.3 Å². The van der Waals surface area contributed by atoms with E-state index >= 15 is 0 Å². The quantitative estimate of drug-likeness (QED) is 0.410. The number of benzene rings is 3. The number of nitrogens with zero attached hydrogens (tertiary/aromatic N) is 1. The van der Waals surface area contributed by atoms with Crippen molar-refractivity contribution in [1.82, 2.24) is 0 Å². The Morgan fingerprint density at radius 1 is 0.973 bits per heavy atom. The molecule has 0 fully saturated rings. The average Bonchev–Trinajstić information content (AvgIpc) is 3.02. The molecule has 0 aromatic heterocycles. The molecule has 2 atom stereocenters. The minimum Gasteiger partial charge on any atom is -0.481 e. The zero-order chi connectivity index (χ0) is 26.1. The summed E-state index contributed by atoms with van der Waals surface area (Å²) in [6.45, 7) is 2.03. The summed E-state index contributed by atoms with van der Waals surface area (Å²) in [5, 5.41) is 13.2. The molecular weight excluding hydrogens is 488 g/mol. The van der Waals surface area contributed by atoms with Crippen molar-refractivity contribution < 1.29 is 19.5 Å². The van der Waals surface area contributed by atoms with Crippen LogP contribution < -0.4 is 10.2 Å². The number of carbonyl (C=O) groups is 3. The molecule has 3 aromatic rings. The first-order chi connectivity index (χ1) is 17.8. The lowest BCUT2D eigenvalue weighted by molar-refractivity contribution is -0.138. The lowest BCUT2D eigenvalue weighted by Crippen LogP contribution is -2.38. The van der Waals surface area contributed by atoms with Crippen LogP contribution in [0.2, 0.25) is 5.02 Å². The normalized spacial score (nSPS) is 19.0. The third kappa shape index (κ3) is 5.02. The van der Waals surface area contributed by atoms with E-state index in [1.54, 1.807) is 23.1 Å². The number of Topliss-reactive ketones (excluding diaryl/α,β-unsaturated/α-hetero) is 1. The lowest BCUT2D eigenvalue weighted by atomic mass is 9.78. The van der Waals surface area contributed by atoms with E-state index in [4.69, 9.17) is 11.6 Å². The Morgan fingerprint density at radius 3 is 2.46 bits per heavy atom. The van der Waals surface area contributed by atoms with Gasteiger partial charge in [0.05, 0.1) is 23.8 Å². The number of rotatable bonds is 5. The van der Waals surface area contributed by atoms with Gasteiger partial charge in [-0.15, -0.1) is 0 Å². The van der Waals surface area contributed by atoms with E-state index in [0.717, 1.165) is 16.8 Å². The monoisotopic (exact) mass is 514 g/mol. The highest BCUT2D eigenvalue weighted by Crippen LogP contribution is 2.47. The number of aryl methyl sites for hydroxylation is 1. The first-order valence-corrected chi connectivity index (χ1v) is 12.7. The standard InChI is InChI=1S/C30H27ClN2O4/c1-18-9-11-19(12-10-18)21-16-24-29(26(34)17-21)30(20-5-4-6-22(31)15-20)33(27(35)13-14-28(36)37)25-8-3-2-7-23(25)32-24/h2-12,15,21,30,32H,13-14,16-17H2,1H3,(H,36,37). The molecule has 0 spiro atoms. The topological polar surface area (TPSA) is 86.7 Å². The summed E-state index contributed by atoms with van der Waals surface area (Å²) in [6.07, 6.45) is 0.424. The molecule has 6 nitrogen and oxygen atoms in total. The number of carbonyl (C=O) groups excluding carboxylic acids is 2. The van der Waals surface area contributed by atoms with E-state index in [2.05, 4.69) is 29.6 Å². The van der Waals surface area contributed by atoms with E-state index in [9.17, 15) is 19.5 Å². The molecule has 1 aliphatic carbocycles. The number of ketones is 1. The smallest absolute Gasteiger partial charge is 0.303 e. The van der Waals surface area contributed by atoms with Gasteiger partial charge in [0.15, 0.2) is 5.78 Å². The Bertz CT molecular complexity index is 1410. The summed E-state index contributed by atoms with van der Waals surface area (Å²) in [4.78, 5) is 40.5. The molecule has 3 aromatic carbocycles. The van der Waals surface area contributed by atoms with E-state index in [1.807, 2.05) is 37.3 Å². The molecule has 0 bridgehead atoms. The molecule has 2 N–H and O–H groups in total. The Hall–Kier alpha value is -3.90. The van der Waals surface area contributed by atoms with Crippen molar-refractivity contribution in [2.45, 2.75) is 44.6 Å². The van der Waals surface area contributed by atoms with E-state index < -0.39 is 12.0 Å². The molecule has 0 radical (unpaired) electrons. The molecular formula is C30H27ClN2O4. The van der Waals surface area contributed by atoms with Crippen molar-refractivity contribution >= 4 is 40.6 Å². The molecule has 1 amide bonds. The maximum Gasteiger partial charge on any atom is 0.303 e. The summed E-state index contributed by atoms with van der Waals surface area (Å²) in [6, 6.07) is 22.1. The van der Waals surface area contributed by atoms with E-state index in [-0.39, 0.29) is 30.4 Å². The molecule has 188 valence electrons. The van der Waals surface area contributed by atoms with Gasteiger partial charge in [-0.05, 0) is 54.7 Å². The van der Waals surface area contributed by atoms with Gasteiger partial charge in [-0.2, -0.15) is 0 Å². The second-order valence-corrected chi connectivity index (χ2v) is 10.0. The summed E-state index contributed by atoms with van der Waals surface area (Å²) in [5.74, 6) is -1.47. The predicted molar refractivity (Wildman–Crippen MR) is 144 cm³/mol. The van der Waals surface area contributed by atoms with Crippen molar-refractivity contribution in [1.29, 1.82) is 0 Å². The number of carboxylic acid groups (broad SMARTS) is 1. The van der Waals surface area contributed by atoms with Crippen LogP contribution in [0, 0.1) is 6.92 Å². The average molecular weight is 515 g/mol. The van der Waals surface area contributed by atoms with Crippen molar-refractivity contribution in [2.75, 3.05) is 10.2 Å². The van der Waals surface area contributed by atoms with Crippen molar-refractivity contribution in [3.63, 3.8) is 0 Å². The maximum atomic E-state index is 13.9. The summed E-state index contributed by atoms with van der Waals surface area (Å²) in [5.41, 5.74) is 5.53. The minimum atomic E-state index is -1.05. The Balaban J connectivity index is 1.68. The SMILES string of the molecule is Cc1ccc(C2CC(=O)C3=C(C2)Nc2ccccc2N(C(=O)CCC(=O)O)C3c2cccc(Cl)c2)cc1. The van der Waals surface area contributed by atoms with Crippen LogP contribution in [-0.2, 0) is 14.4 Å². The molecule has 0 saturated heterocycles. The number of anilines is 2. The molecule has 2 unspecified atom stereocenters.